The molecule has 0 fully saturated rings. The number of aryl methyl sites for hydroxylation is 1. The second-order valence-corrected chi connectivity index (χ2v) is 2.77. The number of hydrogen-bond donors (Lipinski definition) is 0. The van der Waals surface area contributed by atoms with Crippen molar-refractivity contribution in [1.82, 2.24) is 0 Å². The van der Waals surface area contributed by atoms with Crippen molar-refractivity contribution in [3.05, 3.63) is 34.9 Å². The van der Waals surface area contributed by atoms with Gasteiger partial charge in [0.2, 0.25) is 0 Å². The standard InChI is InChI=1S/C10H11ClO/c1-8-7-10(12-2)4-3-9(8)5-6-11/h3-7H,1-2H3/b6-5+. The molecule has 0 bridgehead atoms. The quantitative estimate of drug-likeness (QED) is 0.683. The van der Waals surface area contributed by atoms with E-state index in [1.165, 1.54) is 5.54 Å². The van der Waals surface area contributed by atoms with Gasteiger partial charge in [-0.3, -0.25) is 0 Å². The van der Waals surface area contributed by atoms with Gasteiger partial charge in [-0.1, -0.05) is 17.7 Å². The van der Waals surface area contributed by atoms with Crippen molar-refractivity contribution in [2.24, 2.45) is 0 Å². The minimum Gasteiger partial charge on any atom is -0.497 e. The Kier molecular flexibility index (Phi) is 3.18. The number of benzene rings is 1. The molecule has 0 saturated carbocycles. The smallest absolute Gasteiger partial charge is 0.119 e. The van der Waals surface area contributed by atoms with Crippen LogP contribution in [0.3, 0.4) is 0 Å². The summed E-state index contributed by atoms with van der Waals surface area (Å²) in [5.41, 5.74) is 3.78. The van der Waals surface area contributed by atoms with E-state index in [0.717, 1.165) is 16.9 Å². The lowest BCUT2D eigenvalue weighted by Gasteiger charge is -2.03. The number of ether oxygens (including phenoxy) is 1. The highest BCUT2D eigenvalue weighted by Gasteiger charge is 1.95. The van der Waals surface area contributed by atoms with E-state index >= 15 is 0 Å². The first-order valence-corrected chi connectivity index (χ1v) is 4.13. The van der Waals surface area contributed by atoms with Gasteiger partial charge >= 0.3 is 0 Å². The van der Waals surface area contributed by atoms with E-state index in [1.54, 1.807) is 7.11 Å². The molecule has 1 rings (SSSR count). The van der Waals surface area contributed by atoms with E-state index in [9.17, 15) is 0 Å². The van der Waals surface area contributed by atoms with Gasteiger partial charge < -0.3 is 4.74 Å². The van der Waals surface area contributed by atoms with Gasteiger partial charge in [-0.05, 0) is 36.3 Å². The van der Waals surface area contributed by atoms with Crippen LogP contribution in [0.15, 0.2) is 23.7 Å². The molecular weight excluding hydrogens is 172 g/mol. The molecule has 0 radical (unpaired) electrons. The second-order valence-electron chi connectivity index (χ2n) is 2.52. The summed E-state index contributed by atoms with van der Waals surface area (Å²) in [5, 5.41) is 0. The molecule has 0 aliphatic rings. The predicted molar refractivity (Wildman–Crippen MR) is 52.6 cm³/mol. The van der Waals surface area contributed by atoms with Crippen molar-refractivity contribution in [2.75, 3.05) is 7.11 Å². The molecule has 1 aromatic rings. The Balaban J connectivity index is 3.03. The van der Waals surface area contributed by atoms with Crippen LogP contribution in [-0.4, -0.2) is 7.11 Å². The van der Waals surface area contributed by atoms with Gasteiger partial charge in [0.05, 0.1) is 7.11 Å². The van der Waals surface area contributed by atoms with Crippen LogP contribution in [0.4, 0.5) is 0 Å². The monoisotopic (exact) mass is 182 g/mol. The predicted octanol–water partition coefficient (Wildman–Crippen LogP) is 3.21. The molecule has 0 aromatic heterocycles. The van der Waals surface area contributed by atoms with E-state index in [2.05, 4.69) is 0 Å². The van der Waals surface area contributed by atoms with Crippen LogP contribution in [0.5, 0.6) is 5.75 Å². The molecule has 0 amide bonds. The van der Waals surface area contributed by atoms with Crippen molar-refractivity contribution in [3.63, 3.8) is 0 Å². The van der Waals surface area contributed by atoms with Crippen molar-refractivity contribution >= 4 is 17.7 Å². The number of halogens is 1. The van der Waals surface area contributed by atoms with Crippen molar-refractivity contribution in [1.29, 1.82) is 0 Å². The largest absolute Gasteiger partial charge is 0.497 e. The Labute approximate surface area is 77.6 Å². The van der Waals surface area contributed by atoms with Crippen LogP contribution in [0.25, 0.3) is 6.08 Å². The minimum atomic E-state index is 0.874. The average molecular weight is 183 g/mol. The van der Waals surface area contributed by atoms with Crippen LogP contribution < -0.4 is 4.74 Å². The summed E-state index contributed by atoms with van der Waals surface area (Å²) >= 11 is 5.47. The molecule has 12 heavy (non-hydrogen) atoms. The molecular formula is C10H11ClO. The summed E-state index contributed by atoms with van der Waals surface area (Å²) in [6.07, 6.45) is 1.86. The summed E-state index contributed by atoms with van der Waals surface area (Å²) in [6.45, 7) is 2.02. The highest BCUT2D eigenvalue weighted by molar-refractivity contribution is 6.27. The maximum Gasteiger partial charge on any atom is 0.119 e. The topological polar surface area (TPSA) is 9.23 Å². The molecule has 0 spiro atoms. The second kappa shape index (κ2) is 4.17. The van der Waals surface area contributed by atoms with Crippen LogP contribution in [-0.2, 0) is 0 Å². The van der Waals surface area contributed by atoms with Gasteiger partial charge in [0, 0.05) is 5.54 Å². The summed E-state index contributed by atoms with van der Waals surface area (Å²) in [6, 6.07) is 5.87. The molecule has 1 aromatic carbocycles. The van der Waals surface area contributed by atoms with E-state index in [1.807, 2.05) is 31.2 Å². The Morgan fingerprint density at radius 3 is 2.67 bits per heavy atom. The molecule has 0 N–H and O–H groups in total. The first-order chi connectivity index (χ1) is 5.77. The zero-order chi connectivity index (χ0) is 8.97. The lowest BCUT2D eigenvalue weighted by Crippen LogP contribution is -1.85. The van der Waals surface area contributed by atoms with Gasteiger partial charge in [-0.15, -0.1) is 0 Å². The third-order valence-electron chi connectivity index (χ3n) is 1.72. The van der Waals surface area contributed by atoms with Gasteiger partial charge in [-0.25, -0.2) is 0 Å². The van der Waals surface area contributed by atoms with Crippen LogP contribution in [0.1, 0.15) is 11.1 Å². The minimum absolute atomic E-state index is 0.874. The van der Waals surface area contributed by atoms with E-state index in [0.29, 0.717) is 0 Å². The first-order valence-electron chi connectivity index (χ1n) is 3.69. The Hall–Kier alpha value is -0.950. The van der Waals surface area contributed by atoms with Crippen LogP contribution >= 0.6 is 11.6 Å². The summed E-state index contributed by atoms with van der Waals surface area (Å²) in [4.78, 5) is 0. The Morgan fingerprint density at radius 2 is 2.17 bits per heavy atom. The molecule has 0 aliphatic carbocycles. The van der Waals surface area contributed by atoms with Crippen molar-refractivity contribution in [2.45, 2.75) is 6.92 Å². The molecule has 0 saturated heterocycles. The highest BCUT2D eigenvalue weighted by Crippen LogP contribution is 2.17. The summed E-state index contributed by atoms with van der Waals surface area (Å²) < 4.78 is 5.07. The molecule has 1 nitrogen and oxygen atoms in total. The fourth-order valence-corrected chi connectivity index (χ4v) is 1.17. The Bertz CT molecular complexity index is 292. The summed E-state index contributed by atoms with van der Waals surface area (Å²) in [5.74, 6) is 0.874. The lowest BCUT2D eigenvalue weighted by atomic mass is 10.1. The van der Waals surface area contributed by atoms with Gasteiger partial charge in [0.15, 0.2) is 0 Å². The van der Waals surface area contributed by atoms with Gasteiger partial charge in [0.1, 0.15) is 5.75 Å². The molecule has 0 atom stereocenters. The third kappa shape index (κ3) is 2.02. The van der Waals surface area contributed by atoms with E-state index in [-0.39, 0.29) is 0 Å². The Morgan fingerprint density at radius 1 is 1.42 bits per heavy atom. The highest BCUT2D eigenvalue weighted by atomic mass is 35.5. The van der Waals surface area contributed by atoms with E-state index < -0.39 is 0 Å². The zero-order valence-corrected chi connectivity index (χ0v) is 7.93. The molecule has 2 heteroatoms. The zero-order valence-electron chi connectivity index (χ0n) is 7.17. The average Bonchev–Trinajstić information content (AvgIpc) is 2.09. The lowest BCUT2D eigenvalue weighted by molar-refractivity contribution is 0.414. The van der Waals surface area contributed by atoms with E-state index in [4.69, 9.17) is 16.3 Å². The SMILES string of the molecule is COc1ccc(/C=C/Cl)c(C)c1. The molecule has 0 unspecified atom stereocenters. The number of rotatable bonds is 2. The molecule has 0 heterocycles. The third-order valence-corrected chi connectivity index (χ3v) is 1.85. The maximum absolute atomic E-state index is 5.47. The first kappa shape index (κ1) is 9.14. The molecule has 64 valence electrons. The summed E-state index contributed by atoms with van der Waals surface area (Å²) in [7, 11) is 1.66. The van der Waals surface area contributed by atoms with Crippen LogP contribution in [0.2, 0.25) is 0 Å². The molecule has 0 aliphatic heterocycles. The fourth-order valence-electron chi connectivity index (χ4n) is 1.03. The van der Waals surface area contributed by atoms with Gasteiger partial charge in [0.25, 0.3) is 0 Å². The normalized spacial score (nSPS) is 10.6. The number of methoxy groups -OCH3 is 1. The van der Waals surface area contributed by atoms with Crippen molar-refractivity contribution < 1.29 is 4.74 Å². The maximum atomic E-state index is 5.47. The van der Waals surface area contributed by atoms with Crippen molar-refractivity contribution in [3.8, 4) is 5.75 Å². The van der Waals surface area contributed by atoms with Crippen LogP contribution in [0, 0.1) is 6.92 Å². The fraction of sp³-hybridized carbons (Fsp3) is 0.200. The number of hydrogen-bond acceptors (Lipinski definition) is 1. The van der Waals surface area contributed by atoms with Gasteiger partial charge in [-0.2, -0.15) is 0 Å².